The van der Waals surface area contributed by atoms with Crippen LogP contribution in [0.15, 0.2) is 0 Å². The third kappa shape index (κ3) is 11.6. The molecule has 0 aromatic heterocycles. The molecule has 4 fully saturated rings. The highest BCUT2D eigenvalue weighted by Crippen LogP contribution is 2.37. The van der Waals surface area contributed by atoms with Crippen LogP contribution in [0.1, 0.15) is 81.1 Å². The maximum atomic E-state index is 12.8. The van der Waals surface area contributed by atoms with Crippen LogP contribution >= 0.6 is 0 Å². The molecule has 4 aliphatic rings. The summed E-state index contributed by atoms with van der Waals surface area (Å²) in [4.78, 5) is 50.0. The van der Waals surface area contributed by atoms with Crippen molar-refractivity contribution in [2.24, 2.45) is 0 Å². The van der Waals surface area contributed by atoms with Crippen LogP contribution in [-0.4, -0.2) is 177 Å². The molecular weight excluding hydrogens is 768 g/mol. The molecule has 0 aliphatic carbocycles. The Morgan fingerprint density at radius 3 is 1.47 bits per heavy atom. The van der Waals surface area contributed by atoms with Crippen molar-refractivity contribution in [1.82, 2.24) is 0 Å². The average Bonchev–Trinajstić information content (AvgIpc) is 3.12. The van der Waals surface area contributed by atoms with Gasteiger partial charge in [0.1, 0.15) is 48.8 Å². The van der Waals surface area contributed by atoms with Crippen molar-refractivity contribution in [3.05, 3.63) is 0 Å². The van der Waals surface area contributed by atoms with Gasteiger partial charge in [0.2, 0.25) is 0 Å². The van der Waals surface area contributed by atoms with Crippen molar-refractivity contribution in [2.75, 3.05) is 0 Å². The van der Waals surface area contributed by atoms with E-state index in [9.17, 15) is 49.8 Å². The number of unbranched alkanes of at least 4 members (excludes halogenated alkanes) is 2. The Hall–Kier alpha value is -2.64. The van der Waals surface area contributed by atoms with Crippen LogP contribution in [0.4, 0.5) is 0 Å². The fourth-order valence-corrected chi connectivity index (χ4v) is 7.16. The predicted octanol–water partition coefficient (Wildman–Crippen LogP) is -1.79. The van der Waals surface area contributed by atoms with Gasteiger partial charge < -0.3 is 82.7 Å². The van der Waals surface area contributed by atoms with E-state index in [0.29, 0.717) is 6.42 Å². The summed E-state index contributed by atoms with van der Waals surface area (Å²) in [7, 11) is 0. The molecule has 20 atom stereocenters. The zero-order valence-corrected chi connectivity index (χ0v) is 33.2. The molecule has 0 aromatic carbocycles. The van der Waals surface area contributed by atoms with E-state index in [1.165, 1.54) is 27.7 Å². The second kappa shape index (κ2) is 20.6. The predicted molar refractivity (Wildman–Crippen MR) is 185 cm³/mol. The summed E-state index contributed by atoms with van der Waals surface area (Å²) in [6, 6.07) is 0. The first-order valence-corrected chi connectivity index (χ1v) is 19.1. The number of esters is 4. The SMILES string of the molecule is CCCCCC(=O)O[C@@H]1[C@@H](O[C@@H]2O[C@@H](C)[C@H](OC(C)=O)[C@@H](O[C@@H]3O[C@@H](C)[C@H](OC(C)=O)[C@@H](O[C@@H]4O[C@@H](C)[C@H](O)[C@@H](O)[C@H]4O)[C@H]3O)[C@H]2OC(C)=O)[C@@H](O)[C@H](O)O[C@H]1C. The molecule has 0 radical (unpaired) electrons. The van der Waals surface area contributed by atoms with Crippen molar-refractivity contribution in [3.63, 3.8) is 0 Å². The lowest BCUT2D eigenvalue weighted by atomic mass is 9.95. The summed E-state index contributed by atoms with van der Waals surface area (Å²) in [5.41, 5.74) is 0. The van der Waals surface area contributed by atoms with E-state index in [2.05, 4.69) is 0 Å². The van der Waals surface area contributed by atoms with Crippen molar-refractivity contribution in [3.8, 4) is 0 Å². The molecule has 4 saturated heterocycles. The highest BCUT2D eigenvalue weighted by molar-refractivity contribution is 5.69. The smallest absolute Gasteiger partial charge is 0.306 e. The lowest BCUT2D eigenvalue weighted by molar-refractivity contribution is -0.384. The van der Waals surface area contributed by atoms with Gasteiger partial charge in [-0.25, -0.2) is 0 Å². The maximum Gasteiger partial charge on any atom is 0.306 e. The quantitative estimate of drug-likeness (QED) is 0.0640. The lowest BCUT2D eigenvalue weighted by Crippen LogP contribution is -2.67. The zero-order chi connectivity index (χ0) is 42.5. The number of hydrogen-bond acceptors (Lipinski definition) is 21. The van der Waals surface area contributed by atoms with Gasteiger partial charge in [0.05, 0.1) is 24.4 Å². The van der Waals surface area contributed by atoms with Crippen LogP contribution in [0, 0.1) is 0 Å². The third-order valence-corrected chi connectivity index (χ3v) is 10.1. The molecule has 0 saturated carbocycles. The van der Waals surface area contributed by atoms with Crippen molar-refractivity contribution in [2.45, 2.75) is 204 Å². The Kier molecular flexibility index (Phi) is 17.0. The highest BCUT2D eigenvalue weighted by atomic mass is 16.8. The summed E-state index contributed by atoms with van der Waals surface area (Å²) in [6.07, 6.45) is -28.4. The van der Waals surface area contributed by atoms with Crippen LogP contribution < -0.4 is 0 Å². The van der Waals surface area contributed by atoms with E-state index < -0.39 is 147 Å². The highest BCUT2D eigenvalue weighted by Gasteiger charge is 2.57. The minimum absolute atomic E-state index is 0.0496. The van der Waals surface area contributed by atoms with Crippen LogP contribution in [-0.2, 0) is 71.3 Å². The number of hydrogen-bond donors (Lipinski definition) is 6. The number of rotatable bonds is 14. The van der Waals surface area contributed by atoms with E-state index in [1.54, 1.807) is 0 Å². The normalized spacial score (nSPS) is 43.8. The van der Waals surface area contributed by atoms with Gasteiger partial charge in [0.25, 0.3) is 0 Å². The van der Waals surface area contributed by atoms with Crippen molar-refractivity contribution >= 4 is 23.9 Å². The second-order valence-electron chi connectivity index (χ2n) is 14.7. The molecule has 0 aromatic rings. The second-order valence-corrected chi connectivity index (χ2v) is 14.7. The summed E-state index contributed by atoms with van der Waals surface area (Å²) in [6.45, 7) is 11.0. The first kappa shape index (κ1) is 47.0. The summed E-state index contributed by atoms with van der Waals surface area (Å²) < 4.78 is 63.6. The largest absolute Gasteiger partial charge is 0.457 e. The molecule has 0 amide bonds. The molecule has 0 bridgehead atoms. The average molecular weight is 827 g/mol. The van der Waals surface area contributed by atoms with Gasteiger partial charge in [0, 0.05) is 27.2 Å². The molecule has 328 valence electrons. The summed E-state index contributed by atoms with van der Waals surface area (Å²) >= 11 is 0. The Bertz CT molecular complexity index is 1350. The van der Waals surface area contributed by atoms with Crippen molar-refractivity contribution < 1.29 is 102 Å². The van der Waals surface area contributed by atoms with Crippen LogP contribution in [0.2, 0.25) is 0 Å². The van der Waals surface area contributed by atoms with Gasteiger partial charge >= 0.3 is 23.9 Å². The molecule has 4 aliphatic heterocycles. The first-order chi connectivity index (χ1) is 26.7. The van der Waals surface area contributed by atoms with Gasteiger partial charge in [0.15, 0.2) is 49.6 Å². The Morgan fingerprint density at radius 2 is 0.895 bits per heavy atom. The van der Waals surface area contributed by atoms with Crippen molar-refractivity contribution in [1.29, 1.82) is 0 Å². The van der Waals surface area contributed by atoms with Gasteiger partial charge in [-0.2, -0.15) is 0 Å². The van der Waals surface area contributed by atoms with E-state index in [-0.39, 0.29) is 6.42 Å². The van der Waals surface area contributed by atoms with Gasteiger partial charge in [-0.15, -0.1) is 0 Å². The molecule has 21 heteroatoms. The minimum atomic E-state index is -1.92. The van der Waals surface area contributed by atoms with E-state index in [1.807, 2.05) is 6.92 Å². The molecule has 21 nitrogen and oxygen atoms in total. The summed E-state index contributed by atoms with van der Waals surface area (Å²) in [5.74, 6) is -3.15. The number of ether oxygens (including phenoxy) is 11. The van der Waals surface area contributed by atoms with Gasteiger partial charge in [-0.3, -0.25) is 19.2 Å². The topological polar surface area (TPSA) is 291 Å². The summed E-state index contributed by atoms with van der Waals surface area (Å²) in [5, 5.41) is 64.7. The number of aliphatic hydroxyl groups excluding tert-OH is 6. The Morgan fingerprint density at radius 1 is 0.456 bits per heavy atom. The van der Waals surface area contributed by atoms with E-state index in [4.69, 9.17) is 52.1 Å². The molecule has 0 spiro atoms. The fraction of sp³-hybridized carbons (Fsp3) is 0.889. The van der Waals surface area contributed by atoms with Gasteiger partial charge in [-0.1, -0.05) is 19.8 Å². The molecule has 57 heavy (non-hydrogen) atoms. The molecule has 4 heterocycles. The molecular formula is C36H58O21. The minimum Gasteiger partial charge on any atom is -0.457 e. The molecule has 0 unspecified atom stereocenters. The maximum absolute atomic E-state index is 12.8. The standard InChI is InChI=1S/C36H58O21/c1-9-10-11-12-20(40)54-27-14(3)47-33(46)24(44)29(27)56-36-32(53-19(8)39)31(28(16(5)50-36)52-18(7)38)57-35-25(45)30(26(15(4)49-35)51-17(6)37)55-34-23(43)22(42)21(41)13(2)48-34/h13-16,21-36,41-46H,9-12H2,1-8H3/t13-,14-,15-,16-,21-,22+,23+,24+,25+,26-,27-,28-,29-,30-,31+,32+,33+,34-,35-,36-/m0/s1. The van der Waals surface area contributed by atoms with E-state index >= 15 is 0 Å². The van der Waals surface area contributed by atoms with Crippen LogP contribution in [0.5, 0.6) is 0 Å². The monoisotopic (exact) mass is 826 g/mol. The Labute approximate surface area is 329 Å². The van der Waals surface area contributed by atoms with Gasteiger partial charge in [-0.05, 0) is 34.1 Å². The zero-order valence-electron chi connectivity index (χ0n) is 33.2. The van der Waals surface area contributed by atoms with E-state index in [0.717, 1.165) is 33.6 Å². The number of carbonyl (C=O) groups is 4. The number of aliphatic hydroxyl groups is 6. The lowest BCUT2D eigenvalue weighted by Gasteiger charge is -2.50. The Balaban J connectivity index is 1.68. The molecule has 6 N–H and O–H groups in total. The first-order valence-electron chi connectivity index (χ1n) is 19.1. The number of carbonyl (C=O) groups excluding carboxylic acids is 4. The fourth-order valence-electron chi connectivity index (χ4n) is 7.16. The van der Waals surface area contributed by atoms with Crippen LogP contribution in [0.25, 0.3) is 0 Å². The van der Waals surface area contributed by atoms with Crippen LogP contribution in [0.3, 0.4) is 0 Å². The third-order valence-electron chi connectivity index (χ3n) is 10.1. The molecule has 4 rings (SSSR count).